The molecule has 0 fully saturated rings. The smallest absolute Gasteiger partial charge is 0.243 e. The van der Waals surface area contributed by atoms with Crippen LogP contribution in [0.4, 0.5) is 11.4 Å². The van der Waals surface area contributed by atoms with Crippen LogP contribution < -0.4 is 20.1 Å². The average Bonchev–Trinajstić information content (AvgIpc) is 2.91. The highest BCUT2D eigenvalue weighted by Crippen LogP contribution is 2.25. The highest BCUT2D eigenvalue weighted by Gasteiger charge is 2.08. The van der Waals surface area contributed by atoms with E-state index in [0.29, 0.717) is 24.7 Å². The van der Waals surface area contributed by atoms with Gasteiger partial charge in [-0.2, -0.15) is 0 Å². The molecule has 4 aromatic rings. The molecule has 4 rings (SSSR count). The van der Waals surface area contributed by atoms with Gasteiger partial charge in [-0.3, -0.25) is 4.79 Å². The Morgan fingerprint density at radius 2 is 1.43 bits per heavy atom. The lowest BCUT2D eigenvalue weighted by atomic mass is 10.1. The standard InChI is InChI=1S/C30H30N2O3/c33-30(32-28-18-7-8-19-29(28)35-23-25-13-5-2-6-14-25)22-31-26-16-9-17-27(21-26)34-20-10-15-24-11-3-1-4-12-24/h1-9,11-14,16-19,21,31H,10,15,20,22-23H2,(H,32,33). The number of ether oxygens (including phenoxy) is 2. The first-order chi connectivity index (χ1) is 17.3. The van der Waals surface area contributed by atoms with E-state index in [1.807, 2.05) is 84.9 Å². The molecule has 0 saturated carbocycles. The molecule has 5 nitrogen and oxygen atoms in total. The van der Waals surface area contributed by atoms with E-state index in [4.69, 9.17) is 9.47 Å². The van der Waals surface area contributed by atoms with Crippen molar-refractivity contribution < 1.29 is 14.3 Å². The fourth-order valence-electron chi connectivity index (χ4n) is 3.61. The van der Waals surface area contributed by atoms with Crippen molar-refractivity contribution in [2.24, 2.45) is 0 Å². The van der Waals surface area contributed by atoms with E-state index in [0.717, 1.165) is 29.8 Å². The Morgan fingerprint density at radius 1 is 0.714 bits per heavy atom. The van der Waals surface area contributed by atoms with Crippen LogP contribution in [0.15, 0.2) is 109 Å². The summed E-state index contributed by atoms with van der Waals surface area (Å²) >= 11 is 0. The summed E-state index contributed by atoms with van der Waals surface area (Å²) in [5, 5.41) is 6.10. The van der Waals surface area contributed by atoms with E-state index in [9.17, 15) is 4.79 Å². The number of rotatable bonds is 12. The second kappa shape index (κ2) is 12.8. The molecular weight excluding hydrogens is 436 g/mol. The fraction of sp³-hybridized carbons (Fsp3) is 0.167. The van der Waals surface area contributed by atoms with Crippen molar-refractivity contribution in [2.45, 2.75) is 19.4 Å². The summed E-state index contributed by atoms with van der Waals surface area (Å²) in [6, 6.07) is 35.4. The number of benzene rings is 4. The molecule has 2 N–H and O–H groups in total. The number of aryl methyl sites for hydroxylation is 1. The molecule has 0 saturated heterocycles. The highest BCUT2D eigenvalue weighted by atomic mass is 16.5. The molecule has 1 amide bonds. The normalized spacial score (nSPS) is 10.4. The van der Waals surface area contributed by atoms with Crippen LogP contribution in [0.25, 0.3) is 0 Å². The van der Waals surface area contributed by atoms with Crippen LogP contribution in [-0.4, -0.2) is 19.1 Å². The minimum atomic E-state index is -0.157. The average molecular weight is 467 g/mol. The molecule has 178 valence electrons. The zero-order valence-corrected chi connectivity index (χ0v) is 19.7. The zero-order valence-electron chi connectivity index (χ0n) is 19.7. The zero-order chi connectivity index (χ0) is 24.1. The fourth-order valence-corrected chi connectivity index (χ4v) is 3.61. The van der Waals surface area contributed by atoms with Gasteiger partial charge in [0.15, 0.2) is 0 Å². The van der Waals surface area contributed by atoms with Crippen molar-refractivity contribution in [3.63, 3.8) is 0 Å². The third-order valence-corrected chi connectivity index (χ3v) is 5.41. The molecule has 0 aliphatic rings. The van der Waals surface area contributed by atoms with E-state index in [1.54, 1.807) is 0 Å². The molecule has 0 unspecified atom stereocenters. The van der Waals surface area contributed by atoms with Gasteiger partial charge >= 0.3 is 0 Å². The number of para-hydroxylation sites is 2. The first-order valence-corrected chi connectivity index (χ1v) is 11.8. The van der Waals surface area contributed by atoms with Crippen LogP contribution in [0.1, 0.15) is 17.5 Å². The summed E-state index contributed by atoms with van der Waals surface area (Å²) in [5.74, 6) is 1.26. The number of amides is 1. The SMILES string of the molecule is O=C(CNc1cccc(OCCCc2ccccc2)c1)Nc1ccccc1OCc1ccccc1. The van der Waals surface area contributed by atoms with Crippen LogP contribution >= 0.6 is 0 Å². The van der Waals surface area contributed by atoms with E-state index >= 15 is 0 Å². The Kier molecular flexibility index (Phi) is 8.77. The minimum Gasteiger partial charge on any atom is -0.494 e. The molecule has 0 radical (unpaired) electrons. The van der Waals surface area contributed by atoms with Gasteiger partial charge in [-0.25, -0.2) is 0 Å². The molecule has 0 aliphatic carbocycles. The van der Waals surface area contributed by atoms with Gasteiger partial charge in [-0.15, -0.1) is 0 Å². The summed E-state index contributed by atoms with van der Waals surface area (Å²) in [6.45, 7) is 1.20. The molecule has 0 aliphatic heterocycles. The first kappa shape index (κ1) is 23.9. The van der Waals surface area contributed by atoms with Crippen molar-refractivity contribution in [3.8, 4) is 11.5 Å². The van der Waals surface area contributed by atoms with Crippen LogP contribution in [0, 0.1) is 0 Å². The number of hydrogen-bond donors (Lipinski definition) is 2. The van der Waals surface area contributed by atoms with Gasteiger partial charge in [0.25, 0.3) is 0 Å². The Morgan fingerprint density at radius 3 is 2.23 bits per heavy atom. The maximum Gasteiger partial charge on any atom is 0.243 e. The summed E-state index contributed by atoms with van der Waals surface area (Å²) < 4.78 is 11.8. The molecular formula is C30H30N2O3. The van der Waals surface area contributed by atoms with Gasteiger partial charge in [0.05, 0.1) is 18.8 Å². The summed E-state index contributed by atoms with van der Waals surface area (Å²) in [5.41, 5.74) is 3.85. The van der Waals surface area contributed by atoms with Crippen LogP contribution in [0.3, 0.4) is 0 Å². The molecule has 0 heterocycles. The lowest BCUT2D eigenvalue weighted by Crippen LogP contribution is -2.22. The quantitative estimate of drug-likeness (QED) is 0.240. The van der Waals surface area contributed by atoms with Gasteiger partial charge < -0.3 is 20.1 Å². The van der Waals surface area contributed by atoms with Crippen molar-refractivity contribution in [2.75, 3.05) is 23.8 Å². The number of anilines is 2. The summed E-state index contributed by atoms with van der Waals surface area (Å²) in [7, 11) is 0. The molecule has 0 atom stereocenters. The highest BCUT2D eigenvalue weighted by molar-refractivity contribution is 5.95. The van der Waals surface area contributed by atoms with Crippen molar-refractivity contribution in [1.29, 1.82) is 0 Å². The monoisotopic (exact) mass is 466 g/mol. The van der Waals surface area contributed by atoms with E-state index in [2.05, 4.69) is 34.9 Å². The number of carbonyl (C=O) groups excluding carboxylic acids is 1. The van der Waals surface area contributed by atoms with Crippen molar-refractivity contribution >= 4 is 17.3 Å². The molecule has 5 heteroatoms. The van der Waals surface area contributed by atoms with Gasteiger partial charge in [0.2, 0.25) is 5.91 Å². The Balaban J connectivity index is 1.23. The van der Waals surface area contributed by atoms with Crippen molar-refractivity contribution in [1.82, 2.24) is 0 Å². The Labute approximate surface area is 206 Å². The van der Waals surface area contributed by atoms with E-state index in [-0.39, 0.29) is 12.5 Å². The second-order valence-corrected chi connectivity index (χ2v) is 8.14. The minimum absolute atomic E-state index is 0.129. The maximum atomic E-state index is 12.6. The number of nitrogens with one attached hydrogen (secondary N) is 2. The number of hydrogen-bond acceptors (Lipinski definition) is 4. The molecule has 35 heavy (non-hydrogen) atoms. The lowest BCUT2D eigenvalue weighted by molar-refractivity contribution is -0.114. The predicted octanol–water partition coefficient (Wildman–Crippen LogP) is 6.33. The molecule has 0 bridgehead atoms. The Bertz CT molecular complexity index is 1200. The van der Waals surface area contributed by atoms with Crippen LogP contribution in [-0.2, 0) is 17.8 Å². The summed E-state index contributed by atoms with van der Waals surface area (Å²) in [4.78, 5) is 12.6. The molecule has 0 aromatic heterocycles. The first-order valence-electron chi connectivity index (χ1n) is 11.8. The number of carbonyl (C=O) groups is 1. The van der Waals surface area contributed by atoms with Gasteiger partial charge in [0.1, 0.15) is 18.1 Å². The van der Waals surface area contributed by atoms with E-state index < -0.39 is 0 Å². The van der Waals surface area contributed by atoms with Gasteiger partial charge in [-0.1, -0.05) is 78.9 Å². The Hall–Kier alpha value is -4.25. The molecule has 4 aromatic carbocycles. The van der Waals surface area contributed by atoms with E-state index in [1.165, 1.54) is 5.56 Å². The second-order valence-electron chi connectivity index (χ2n) is 8.14. The van der Waals surface area contributed by atoms with Crippen molar-refractivity contribution in [3.05, 3.63) is 120 Å². The third kappa shape index (κ3) is 7.93. The topological polar surface area (TPSA) is 59.6 Å². The summed E-state index contributed by atoms with van der Waals surface area (Å²) in [6.07, 6.45) is 1.92. The van der Waals surface area contributed by atoms with Crippen LogP contribution in [0.2, 0.25) is 0 Å². The molecule has 0 spiro atoms. The third-order valence-electron chi connectivity index (χ3n) is 5.41. The van der Waals surface area contributed by atoms with Gasteiger partial charge in [0, 0.05) is 11.8 Å². The predicted molar refractivity (Wildman–Crippen MR) is 141 cm³/mol. The maximum absolute atomic E-state index is 12.6. The lowest BCUT2D eigenvalue weighted by Gasteiger charge is -2.13. The van der Waals surface area contributed by atoms with Crippen LogP contribution in [0.5, 0.6) is 11.5 Å². The largest absolute Gasteiger partial charge is 0.494 e. The van der Waals surface area contributed by atoms with Gasteiger partial charge in [-0.05, 0) is 48.2 Å².